The molecule has 0 saturated carbocycles. The molecule has 0 aliphatic carbocycles. The third-order valence-corrected chi connectivity index (χ3v) is 8.60. The molecular formula is C33H44N6O5S. The molecule has 1 aromatic heterocycles. The molecule has 1 saturated heterocycles. The van der Waals surface area contributed by atoms with E-state index in [1.54, 1.807) is 47.4 Å². The Morgan fingerprint density at radius 1 is 0.978 bits per heavy atom. The van der Waals surface area contributed by atoms with Gasteiger partial charge in [0.1, 0.15) is 0 Å². The minimum Gasteiger partial charge on any atom is -0.493 e. The number of benzene rings is 2. The van der Waals surface area contributed by atoms with Gasteiger partial charge in [0.2, 0.25) is 11.0 Å². The van der Waals surface area contributed by atoms with Crippen LogP contribution in [0.1, 0.15) is 69.7 Å². The summed E-state index contributed by atoms with van der Waals surface area (Å²) in [6, 6.07) is 11.9. The van der Waals surface area contributed by atoms with Crippen LogP contribution in [0.25, 0.3) is 0 Å². The number of carbonyl (C=O) groups excluding carboxylic acids is 3. The van der Waals surface area contributed by atoms with Crippen LogP contribution in [-0.4, -0.2) is 67.1 Å². The Hall–Kier alpha value is -4.16. The first-order valence-electron chi connectivity index (χ1n) is 15.7. The van der Waals surface area contributed by atoms with E-state index in [2.05, 4.69) is 25.8 Å². The average Bonchev–Trinajstić information content (AvgIpc) is 3.50. The molecule has 3 aromatic rings. The average molecular weight is 637 g/mol. The Kier molecular flexibility index (Phi) is 12.6. The number of nitrogens with one attached hydrogen (secondary N) is 3. The van der Waals surface area contributed by atoms with E-state index in [9.17, 15) is 14.4 Å². The number of urea groups is 1. The fourth-order valence-corrected chi connectivity index (χ4v) is 5.86. The van der Waals surface area contributed by atoms with Crippen LogP contribution < -0.4 is 30.3 Å². The van der Waals surface area contributed by atoms with Crippen LogP contribution in [0, 0.1) is 0 Å². The number of likely N-dealkylation sites (tertiary alicyclic amines) is 1. The Balaban J connectivity index is 1.31. The van der Waals surface area contributed by atoms with Gasteiger partial charge in [-0.15, -0.1) is 0 Å². The number of amides is 4. The summed E-state index contributed by atoms with van der Waals surface area (Å²) >= 11 is 1.17. The van der Waals surface area contributed by atoms with Crippen LogP contribution in [0.4, 0.5) is 21.3 Å². The molecule has 1 fully saturated rings. The summed E-state index contributed by atoms with van der Waals surface area (Å²) in [6.45, 7) is 9.48. The highest BCUT2D eigenvalue weighted by Crippen LogP contribution is 2.37. The fourth-order valence-electron chi connectivity index (χ4n) is 5.18. The number of carbonyl (C=O) groups is 3. The van der Waals surface area contributed by atoms with E-state index in [1.807, 2.05) is 20.8 Å². The second kappa shape index (κ2) is 16.8. The van der Waals surface area contributed by atoms with Gasteiger partial charge in [0.15, 0.2) is 16.6 Å². The maximum Gasteiger partial charge on any atom is 0.319 e. The van der Waals surface area contributed by atoms with E-state index >= 15 is 0 Å². The fraction of sp³-hybridized carbons (Fsp3) is 0.455. The molecule has 0 atom stereocenters. The summed E-state index contributed by atoms with van der Waals surface area (Å²) in [4.78, 5) is 46.6. The lowest BCUT2D eigenvalue weighted by Crippen LogP contribution is -2.37. The molecule has 242 valence electrons. The van der Waals surface area contributed by atoms with Gasteiger partial charge >= 0.3 is 6.03 Å². The second-order valence-electron chi connectivity index (χ2n) is 10.9. The summed E-state index contributed by atoms with van der Waals surface area (Å²) in [7, 11) is 1.52. The van der Waals surface area contributed by atoms with Crippen molar-refractivity contribution in [3.8, 4) is 16.6 Å². The Morgan fingerprint density at radius 2 is 1.71 bits per heavy atom. The number of hydrogen-bond acceptors (Lipinski definition) is 8. The summed E-state index contributed by atoms with van der Waals surface area (Å²) < 4.78 is 11.4. The molecule has 11 nitrogen and oxygen atoms in total. The van der Waals surface area contributed by atoms with E-state index in [0.29, 0.717) is 45.9 Å². The number of thiazole rings is 1. The zero-order valence-corrected chi connectivity index (χ0v) is 27.4. The molecule has 0 spiro atoms. The maximum absolute atomic E-state index is 12.9. The smallest absolute Gasteiger partial charge is 0.319 e. The van der Waals surface area contributed by atoms with Crippen molar-refractivity contribution in [3.05, 3.63) is 54.2 Å². The number of aromatic nitrogens is 1. The van der Waals surface area contributed by atoms with Crippen LogP contribution >= 0.6 is 11.3 Å². The normalized spacial score (nSPS) is 13.3. The minimum absolute atomic E-state index is 0.0840. The van der Waals surface area contributed by atoms with Gasteiger partial charge in [-0.3, -0.25) is 14.9 Å². The number of hydrogen-bond donors (Lipinski definition) is 3. The summed E-state index contributed by atoms with van der Waals surface area (Å²) in [5.41, 5.74) is 1.78. The van der Waals surface area contributed by atoms with Crippen molar-refractivity contribution in [1.29, 1.82) is 0 Å². The maximum atomic E-state index is 12.9. The van der Waals surface area contributed by atoms with Crippen molar-refractivity contribution >= 4 is 45.7 Å². The molecule has 0 radical (unpaired) electrons. The molecule has 45 heavy (non-hydrogen) atoms. The standard InChI is InChI=1S/C33H44N6O5S/c1-5-24(6-2)35-32(42)36-25-13-16-27(28(21-25)43-4)44-30-22-34-33(45-30)37-31(41)23-11-14-26(15-12-23)39(7-3)29(40)17-20-38-18-9-8-10-19-38/h11-16,21-22,24H,5-10,17-20H2,1-4H3,(H,34,37,41)(H2,35,36,42). The van der Waals surface area contributed by atoms with Crippen LogP contribution in [0.2, 0.25) is 0 Å². The van der Waals surface area contributed by atoms with Crippen LogP contribution in [0.5, 0.6) is 16.6 Å². The summed E-state index contributed by atoms with van der Waals surface area (Å²) in [5.74, 6) is 0.634. The molecule has 2 heterocycles. The Bertz CT molecular complexity index is 1420. The summed E-state index contributed by atoms with van der Waals surface area (Å²) in [5, 5.41) is 9.39. The van der Waals surface area contributed by atoms with Crippen molar-refractivity contribution in [2.45, 2.75) is 65.3 Å². The lowest BCUT2D eigenvalue weighted by Gasteiger charge is -2.27. The van der Waals surface area contributed by atoms with Gasteiger partial charge in [0.05, 0.1) is 13.3 Å². The van der Waals surface area contributed by atoms with Gasteiger partial charge in [-0.05, 0) is 82.1 Å². The molecule has 2 aromatic carbocycles. The SMILES string of the molecule is CCC(CC)NC(=O)Nc1ccc(Oc2cnc(NC(=O)c3ccc(N(CC)C(=O)CCN4CCCCC4)cc3)s2)c(OC)c1. The van der Waals surface area contributed by atoms with E-state index < -0.39 is 0 Å². The van der Waals surface area contributed by atoms with E-state index in [1.165, 1.54) is 43.9 Å². The third kappa shape index (κ3) is 9.66. The molecule has 12 heteroatoms. The van der Waals surface area contributed by atoms with Crippen LogP contribution in [0.3, 0.4) is 0 Å². The molecule has 0 unspecified atom stereocenters. The zero-order valence-electron chi connectivity index (χ0n) is 26.6. The number of anilines is 3. The summed E-state index contributed by atoms with van der Waals surface area (Å²) in [6.07, 6.45) is 7.37. The van der Waals surface area contributed by atoms with Gasteiger partial charge in [-0.25, -0.2) is 9.78 Å². The zero-order chi connectivity index (χ0) is 32.2. The molecule has 1 aliphatic rings. The monoisotopic (exact) mass is 636 g/mol. The first kappa shape index (κ1) is 33.7. The highest BCUT2D eigenvalue weighted by Gasteiger charge is 2.18. The van der Waals surface area contributed by atoms with Gasteiger partial charge in [-0.1, -0.05) is 31.6 Å². The second-order valence-corrected chi connectivity index (χ2v) is 11.8. The molecular weight excluding hydrogens is 592 g/mol. The van der Waals surface area contributed by atoms with Crippen molar-refractivity contribution in [3.63, 3.8) is 0 Å². The van der Waals surface area contributed by atoms with Crippen molar-refractivity contribution in [1.82, 2.24) is 15.2 Å². The molecule has 0 bridgehead atoms. The Labute approximate surface area is 269 Å². The quantitative estimate of drug-likeness (QED) is 0.179. The third-order valence-electron chi connectivity index (χ3n) is 7.81. The highest BCUT2D eigenvalue weighted by atomic mass is 32.1. The van der Waals surface area contributed by atoms with Crippen LogP contribution in [0.15, 0.2) is 48.7 Å². The van der Waals surface area contributed by atoms with E-state index in [0.717, 1.165) is 38.2 Å². The van der Waals surface area contributed by atoms with E-state index in [-0.39, 0.29) is 23.9 Å². The number of ether oxygens (including phenoxy) is 2. The number of piperidine rings is 1. The predicted molar refractivity (Wildman–Crippen MR) is 179 cm³/mol. The number of rotatable bonds is 14. The lowest BCUT2D eigenvalue weighted by atomic mass is 10.1. The van der Waals surface area contributed by atoms with Gasteiger partial charge in [0, 0.05) is 48.6 Å². The first-order valence-corrected chi connectivity index (χ1v) is 16.5. The first-order chi connectivity index (χ1) is 21.8. The van der Waals surface area contributed by atoms with Gasteiger partial charge in [-0.2, -0.15) is 0 Å². The number of methoxy groups -OCH3 is 1. The van der Waals surface area contributed by atoms with Crippen molar-refractivity contribution in [2.24, 2.45) is 0 Å². The highest BCUT2D eigenvalue weighted by molar-refractivity contribution is 7.17. The number of nitrogens with zero attached hydrogens (tertiary/aromatic N) is 3. The predicted octanol–water partition coefficient (Wildman–Crippen LogP) is 6.74. The lowest BCUT2D eigenvalue weighted by molar-refractivity contribution is -0.119. The Morgan fingerprint density at radius 3 is 2.38 bits per heavy atom. The van der Waals surface area contributed by atoms with E-state index in [4.69, 9.17) is 9.47 Å². The largest absolute Gasteiger partial charge is 0.493 e. The molecule has 1 aliphatic heterocycles. The molecule has 3 N–H and O–H groups in total. The minimum atomic E-state index is -0.318. The van der Waals surface area contributed by atoms with Gasteiger partial charge in [0.25, 0.3) is 5.91 Å². The van der Waals surface area contributed by atoms with Crippen molar-refractivity contribution < 1.29 is 23.9 Å². The van der Waals surface area contributed by atoms with Gasteiger partial charge < -0.3 is 29.9 Å². The van der Waals surface area contributed by atoms with Crippen LogP contribution in [-0.2, 0) is 4.79 Å². The topological polar surface area (TPSA) is 125 Å². The molecule has 4 rings (SSSR count). The van der Waals surface area contributed by atoms with Crippen molar-refractivity contribution in [2.75, 3.05) is 48.8 Å². The molecule has 4 amide bonds.